The molecule has 30 heavy (non-hydrogen) atoms. The number of hydrogen-bond acceptors (Lipinski definition) is 2. The average molecular weight is 420 g/mol. The molecule has 4 N–H and O–H groups in total. The molecule has 2 atom stereocenters. The monoisotopic (exact) mass is 419 g/mol. The van der Waals surface area contributed by atoms with E-state index in [0.29, 0.717) is 26.2 Å². The standard InChI is InChI=1S/C23H29F2N3O2/c1-17(23(29)26-11-10-18-2-6-20(24)7-3-18)27-16-22(28-12-14-30-15-13-28)19-4-8-21(25)9-5-19/h2-9,17,22,27H,10-16H2,1H3,(H,26,29)/p+2/t17-,22+/m0/s1. The SMILES string of the molecule is C[C@H]([NH2+]C[C@H](c1ccc(F)cc1)[NH+]1CCOCC1)C(=O)NCCc1ccc(F)cc1. The molecule has 5 nitrogen and oxygen atoms in total. The zero-order valence-corrected chi connectivity index (χ0v) is 17.4. The van der Waals surface area contributed by atoms with Gasteiger partial charge in [0.25, 0.3) is 5.91 Å². The second-order valence-corrected chi connectivity index (χ2v) is 7.80. The Bertz CT molecular complexity index is 793. The van der Waals surface area contributed by atoms with Crippen LogP contribution in [0.1, 0.15) is 24.1 Å². The minimum absolute atomic E-state index is 0.0213. The number of quaternary nitrogens is 2. The van der Waals surface area contributed by atoms with Gasteiger partial charge in [-0.1, -0.05) is 12.1 Å². The predicted octanol–water partition coefficient (Wildman–Crippen LogP) is 0.232. The van der Waals surface area contributed by atoms with E-state index in [1.807, 2.05) is 24.4 Å². The van der Waals surface area contributed by atoms with Gasteiger partial charge in [0.05, 0.1) is 13.2 Å². The lowest BCUT2D eigenvalue weighted by molar-refractivity contribution is -0.952. The molecule has 1 aliphatic rings. The topological polar surface area (TPSA) is 59.4 Å². The van der Waals surface area contributed by atoms with Crippen molar-refractivity contribution in [3.05, 3.63) is 71.3 Å². The number of benzene rings is 2. The van der Waals surface area contributed by atoms with Gasteiger partial charge in [-0.15, -0.1) is 0 Å². The van der Waals surface area contributed by atoms with Crippen molar-refractivity contribution in [3.8, 4) is 0 Å². The zero-order chi connectivity index (χ0) is 21.3. The minimum atomic E-state index is -0.260. The van der Waals surface area contributed by atoms with Gasteiger partial charge in [-0.25, -0.2) is 8.78 Å². The number of carbonyl (C=O) groups excluding carboxylic acids is 1. The average Bonchev–Trinajstić information content (AvgIpc) is 2.77. The molecule has 0 spiro atoms. The summed E-state index contributed by atoms with van der Waals surface area (Å²) in [5, 5.41) is 5.00. The molecule has 1 heterocycles. The van der Waals surface area contributed by atoms with Crippen LogP contribution in [0.15, 0.2) is 48.5 Å². The number of amides is 1. The van der Waals surface area contributed by atoms with Gasteiger partial charge in [0, 0.05) is 12.1 Å². The van der Waals surface area contributed by atoms with Gasteiger partial charge >= 0.3 is 0 Å². The van der Waals surface area contributed by atoms with Crippen LogP contribution in [0.3, 0.4) is 0 Å². The maximum Gasteiger partial charge on any atom is 0.277 e. The highest BCUT2D eigenvalue weighted by atomic mass is 19.1. The van der Waals surface area contributed by atoms with E-state index in [1.54, 1.807) is 12.1 Å². The summed E-state index contributed by atoms with van der Waals surface area (Å²) in [6, 6.07) is 12.9. The van der Waals surface area contributed by atoms with Crippen molar-refractivity contribution in [2.75, 3.05) is 39.4 Å². The number of nitrogens with two attached hydrogens (primary N) is 1. The Balaban J connectivity index is 1.51. The zero-order valence-electron chi connectivity index (χ0n) is 17.4. The van der Waals surface area contributed by atoms with Crippen molar-refractivity contribution in [1.82, 2.24) is 5.32 Å². The first-order chi connectivity index (χ1) is 14.5. The summed E-state index contributed by atoms with van der Waals surface area (Å²) < 4.78 is 31.8. The fourth-order valence-corrected chi connectivity index (χ4v) is 3.80. The predicted molar refractivity (Wildman–Crippen MR) is 110 cm³/mol. The van der Waals surface area contributed by atoms with Crippen molar-refractivity contribution in [3.63, 3.8) is 0 Å². The van der Waals surface area contributed by atoms with Gasteiger partial charge in [0.15, 0.2) is 12.1 Å². The Morgan fingerprint density at radius 2 is 1.67 bits per heavy atom. The Morgan fingerprint density at radius 1 is 1.07 bits per heavy atom. The van der Waals surface area contributed by atoms with Crippen LogP contribution in [0.4, 0.5) is 8.78 Å². The van der Waals surface area contributed by atoms with E-state index in [0.717, 1.165) is 30.8 Å². The van der Waals surface area contributed by atoms with Gasteiger partial charge in [0.2, 0.25) is 0 Å². The summed E-state index contributed by atoms with van der Waals surface area (Å²) in [5.41, 5.74) is 2.06. The van der Waals surface area contributed by atoms with Crippen molar-refractivity contribution in [2.45, 2.75) is 25.4 Å². The van der Waals surface area contributed by atoms with Crippen molar-refractivity contribution < 1.29 is 28.5 Å². The van der Waals surface area contributed by atoms with Crippen LogP contribution in [0, 0.1) is 11.6 Å². The Kier molecular flexibility index (Phi) is 8.30. The highest BCUT2D eigenvalue weighted by molar-refractivity contribution is 5.79. The quantitative estimate of drug-likeness (QED) is 0.545. The van der Waals surface area contributed by atoms with Crippen LogP contribution >= 0.6 is 0 Å². The summed E-state index contributed by atoms with van der Waals surface area (Å²) in [4.78, 5) is 13.9. The third-order valence-corrected chi connectivity index (χ3v) is 5.67. The lowest BCUT2D eigenvalue weighted by atomic mass is 10.0. The van der Waals surface area contributed by atoms with Gasteiger partial charge in [-0.3, -0.25) is 4.79 Å². The molecule has 0 bridgehead atoms. The third-order valence-electron chi connectivity index (χ3n) is 5.67. The van der Waals surface area contributed by atoms with E-state index in [4.69, 9.17) is 4.74 Å². The van der Waals surface area contributed by atoms with E-state index in [1.165, 1.54) is 29.2 Å². The molecular weight excluding hydrogens is 388 g/mol. The number of rotatable bonds is 9. The van der Waals surface area contributed by atoms with Crippen molar-refractivity contribution in [2.24, 2.45) is 0 Å². The molecule has 0 radical (unpaired) electrons. The fraction of sp³-hybridized carbons (Fsp3) is 0.435. The van der Waals surface area contributed by atoms with Crippen LogP contribution in [-0.2, 0) is 16.0 Å². The summed E-state index contributed by atoms with van der Waals surface area (Å²) in [6.45, 7) is 6.36. The van der Waals surface area contributed by atoms with Crippen LogP contribution < -0.4 is 15.5 Å². The van der Waals surface area contributed by atoms with Crippen molar-refractivity contribution >= 4 is 5.91 Å². The van der Waals surface area contributed by atoms with Gasteiger partial charge in [-0.2, -0.15) is 0 Å². The largest absolute Gasteiger partial charge is 0.370 e. The van der Waals surface area contributed by atoms with Crippen molar-refractivity contribution in [1.29, 1.82) is 0 Å². The normalized spacial score (nSPS) is 16.8. The molecule has 0 aromatic heterocycles. The summed E-state index contributed by atoms with van der Waals surface area (Å²) in [7, 11) is 0. The van der Waals surface area contributed by atoms with Crippen LogP contribution in [-0.4, -0.2) is 51.3 Å². The van der Waals surface area contributed by atoms with E-state index < -0.39 is 0 Å². The molecule has 162 valence electrons. The molecule has 0 aliphatic carbocycles. The number of halogens is 2. The Hall–Kier alpha value is -2.35. The lowest BCUT2D eigenvalue weighted by Gasteiger charge is -2.31. The van der Waals surface area contributed by atoms with E-state index >= 15 is 0 Å². The number of ether oxygens (including phenoxy) is 1. The highest BCUT2D eigenvalue weighted by Crippen LogP contribution is 2.10. The highest BCUT2D eigenvalue weighted by Gasteiger charge is 2.29. The number of nitrogens with one attached hydrogen (secondary N) is 2. The molecule has 2 aromatic rings. The Labute approximate surface area is 176 Å². The molecule has 0 saturated carbocycles. The van der Waals surface area contributed by atoms with E-state index in [-0.39, 0.29) is 29.6 Å². The maximum atomic E-state index is 13.4. The Morgan fingerprint density at radius 3 is 2.30 bits per heavy atom. The molecule has 7 heteroatoms. The van der Waals surface area contributed by atoms with E-state index in [9.17, 15) is 13.6 Å². The van der Waals surface area contributed by atoms with Crippen LogP contribution in [0.5, 0.6) is 0 Å². The van der Waals surface area contributed by atoms with E-state index in [2.05, 4.69) is 5.32 Å². The van der Waals surface area contributed by atoms with Gasteiger partial charge < -0.3 is 20.3 Å². The smallest absolute Gasteiger partial charge is 0.277 e. The number of hydrogen-bond donors (Lipinski definition) is 3. The maximum absolute atomic E-state index is 13.4. The first-order valence-electron chi connectivity index (χ1n) is 10.6. The second kappa shape index (κ2) is 11.2. The summed E-state index contributed by atoms with van der Waals surface area (Å²) >= 11 is 0. The third kappa shape index (κ3) is 6.58. The van der Waals surface area contributed by atoms with Crippen LogP contribution in [0.2, 0.25) is 0 Å². The van der Waals surface area contributed by atoms with Crippen LogP contribution in [0.25, 0.3) is 0 Å². The van der Waals surface area contributed by atoms with Gasteiger partial charge in [-0.05, 0) is 55.3 Å². The van der Waals surface area contributed by atoms with Gasteiger partial charge in [0.1, 0.15) is 31.3 Å². The molecule has 1 aliphatic heterocycles. The number of morpholine rings is 1. The fourth-order valence-electron chi connectivity index (χ4n) is 3.80. The molecule has 1 fully saturated rings. The summed E-state index contributed by atoms with van der Waals surface area (Å²) in [6.07, 6.45) is 0.662. The first kappa shape index (κ1) is 22.3. The molecule has 1 saturated heterocycles. The number of carbonyl (C=O) groups is 1. The molecular formula is C23H31F2N3O2+2. The summed E-state index contributed by atoms with van der Waals surface area (Å²) in [5.74, 6) is -0.525. The second-order valence-electron chi connectivity index (χ2n) is 7.80. The first-order valence-corrected chi connectivity index (χ1v) is 10.6. The molecule has 2 aromatic carbocycles. The molecule has 0 unspecified atom stereocenters. The lowest BCUT2D eigenvalue weighted by Crippen LogP contribution is -3.17. The minimum Gasteiger partial charge on any atom is -0.370 e. The molecule has 1 amide bonds. The molecule has 3 rings (SSSR count).